The Labute approximate surface area is 112 Å². The van der Waals surface area contributed by atoms with Crippen LogP contribution < -0.4 is 17.1 Å². The van der Waals surface area contributed by atoms with E-state index in [1.54, 1.807) is 0 Å². The minimum absolute atomic E-state index is 0.000472. The summed E-state index contributed by atoms with van der Waals surface area (Å²) < 4.78 is 10.8. The summed E-state index contributed by atoms with van der Waals surface area (Å²) in [4.78, 5) is 19.0. The zero-order chi connectivity index (χ0) is 14.3. The van der Waals surface area contributed by atoms with Gasteiger partial charge in [-0.1, -0.05) is 0 Å². The Morgan fingerprint density at radius 2 is 2.32 bits per heavy atom. The largest absolute Gasteiger partial charge is 0.393 e. The smallest absolute Gasteiger partial charge is 0.202 e. The molecule has 1 saturated heterocycles. The summed E-state index contributed by atoms with van der Waals surface area (Å²) in [5, 5.41) is 11.3. The first-order valence-electron chi connectivity index (χ1n) is 5.86. The molecule has 1 aliphatic heterocycles. The fourth-order valence-electron chi connectivity index (χ4n) is 1.77. The molecule has 2 unspecified atom stereocenters. The van der Waals surface area contributed by atoms with Crippen molar-refractivity contribution in [1.29, 1.82) is 0 Å². The normalized spacial score (nSPS) is 23.6. The summed E-state index contributed by atoms with van der Waals surface area (Å²) in [5.41, 5.74) is 7.54. The maximum absolute atomic E-state index is 9.49. The molecule has 0 bridgehead atoms. The highest BCUT2D eigenvalue weighted by atomic mass is 31.2. The van der Waals surface area contributed by atoms with Crippen molar-refractivity contribution in [2.24, 2.45) is 16.7 Å². The molecule has 0 radical (unpaired) electrons. The van der Waals surface area contributed by atoms with E-state index in [0.717, 1.165) is 12.8 Å². The van der Waals surface area contributed by atoms with Crippen LogP contribution in [-0.2, 0) is 9.47 Å². The topological polar surface area (TPSA) is 156 Å². The molecule has 0 amide bonds. The number of hydrogen-bond donors (Lipinski definition) is 6. The highest BCUT2D eigenvalue weighted by Gasteiger charge is 2.41. The van der Waals surface area contributed by atoms with Crippen LogP contribution >= 0.6 is 8.38 Å². The number of hydrazine groups is 1. The van der Waals surface area contributed by atoms with Crippen molar-refractivity contribution in [3.63, 3.8) is 0 Å². The summed E-state index contributed by atoms with van der Waals surface area (Å²) in [7, 11) is -2.57. The van der Waals surface area contributed by atoms with Gasteiger partial charge in [0.05, 0.1) is 19.3 Å². The highest BCUT2D eigenvalue weighted by molar-refractivity contribution is 7.46. The molecule has 1 aliphatic rings. The Morgan fingerprint density at radius 3 is 2.79 bits per heavy atom. The van der Waals surface area contributed by atoms with Crippen molar-refractivity contribution in [3.05, 3.63) is 0 Å². The quantitative estimate of drug-likeness (QED) is 0.102. The first-order chi connectivity index (χ1) is 9.04. The second-order valence-corrected chi connectivity index (χ2v) is 5.64. The van der Waals surface area contributed by atoms with E-state index in [1.807, 2.05) is 5.53 Å². The van der Waals surface area contributed by atoms with Crippen molar-refractivity contribution < 1.29 is 24.4 Å². The van der Waals surface area contributed by atoms with Gasteiger partial charge >= 0.3 is 0 Å². The Balaban J connectivity index is 2.64. The molecule has 1 heterocycles. The van der Waals surface area contributed by atoms with Gasteiger partial charge in [0.2, 0.25) is 8.38 Å². The molecule has 9 nitrogen and oxygen atoms in total. The van der Waals surface area contributed by atoms with Gasteiger partial charge in [0.15, 0.2) is 5.34 Å². The number of nitrogens with two attached hydrogens (primary N) is 2. The number of aliphatic hydroxyl groups is 1. The number of amidine groups is 1. The summed E-state index contributed by atoms with van der Waals surface area (Å²) in [6.45, 7) is 0.219. The van der Waals surface area contributed by atoms with Gasteiger partial charge in [-0.15, -0.1) is 0 Å². The maximum atomic E-state index is 9.49. The van der Waals surface area contributed by atoms with E-state index >= 15 is 0 Å². The summed E-state index contributed by atoms with van der Waals surface area (Å²) in [6.07, 6.45) is 1.52. The zero-order valence-electron chi connectivity index (χ0n) is 10.5. The van der Waals surface area contributed by atoms with Crippen LogP contribution in [-0.4, -0.2) is 52.0 Å². The number of nitrogens with one attached hydrogen (secondary N) is 1. The molecular weight excluding hydrogens is 275 g/mol. The van der Waals surface area contributed by atoms with E-state index in [-0.39, 0.29) is 25.0 Å². The fourth-order valence-corrected chi connectivity index (χ4v) is 2.39. The lowest BCUT2D eigenvalue weighted by Gasteiger charge is -2.33. The number of rotatable bonds is 8. The summed E-state index contributed by atoms with van der Waals surface area (Å²) in [6, 6.07) is 0. The van der Waals surface area contributed by atoms with Gasteiger partial charge in [-0.05, 0) is 12.8 Å². The molecule has 112 valence electrons. The SMILES string of the molecule is NN/N=C(\N)CC(CO)(OCC1CCCO1)P(O)O. The number of hydrazone groups is 1. The van der Waals surface area contributed by atoms with Crippen molar-refractivity contribution in [3.8, 4) is 0 Å². The minimum atomic E-state index is -2.57. The molecule has 8 N–H and O–H groups in total. The average molecular weight is 296 g/mol. The first kappa shape index (κ1) is 16.5. The molecule has 0 aromatic heterocycles. The third-order valence-corrected chi connectivity index (χ3v) is 4.00. The van der Waals surface area contributed by atoms with Crippen molar-refractivity contribution in [1.82, 2.24) is 5.53 Å². The maximum Gasteiger partial charge on any atom is 0.202 e. The van der Waals surface area contributed by atoms with Crippen LogP contribution in [0.15, 0.2) is 5.10 Å². The van der Waals surface area contributed by atoms with E-state index in [9.17, 15) is 14.9 Å². The predicted molar refractivity (Wildman–Crippen MR) is 69.7 cm³/mol. The molecule has 0 saturated carbocycles. The zero-order valence-corrected chi connectivity index (χ0v) is 11.4. The Hall–Kier alpha value is -0.540. The van der Waals surface area contributed by atoms with E-state index in [4.69, 9.17) is 21.1 Å². The Kier molecular flexibility index (Phi) is 6.87. The second kappa shape index (κ2) is 7.91. The number of nitrogens with zero attached hydrogens (tertiary/aromatic N) is 1. The minimum Gasteiger partial charge on any atom is -0.393 e. The van der Waals surface area contributed by atoms with Gasteiger partial charge in [0.1, 0.15) is 5.84 Å². The molecular formula is C9H21N4O5P. The lowest BCUT2D eigenvalue weighted by molar-refractivity contribution is -0.0649. The van der Waals surface area contributed by atoms with Gasteiger partial charge in [-0.25, -0.2) is 11.4 Å². The van der Waals surface area contributed by atoms with E-state index in [1.165, 1.54) is 0 Å². The Morgan fingerprint density at radius 1 is 1.58 bits per heavy atom. The average Bonchev–Trinajstić information content (AvgIpc) is 2.87. The molecule has 10 heteroatoms. The van der Waals surface area contributed by atoms with Crippen LogP contribution in [0, 0.1) is 0 Å². The second-order valence-electron chi connectivity index (χ2n) is 4.25. The van der Waals surface area contributed by atoms with Crippen LogP contribution in [0.5, 0.6) is 0 Å². The van der Waals surface area contributed by atoms with Crippen LogP contribution in [0.1, 0.15) is 19.3 Å². The highest BCUT2D eigenvalue weighted by Crippen LogP contribution is 2.45. The molecule has 0 aliphatic carbocycles. The molecule has 0 spiro atoms. The van der Waals surface area contributed by atoms with Gasteiger partial charge in [0, 0.05) is 13.0 Å². The van der Waals surface area contributed by atoms with Crippen LogP contribution in [0.3, 0.4) is 0 Å². The van der Waals surface area contributed by atoms with Gasteiger partial charge in [-0.3, -0.25) is 0 Å². The molecule has 0 aromatic carbocycles. The van der Waals surface area contributed by atoms with Gasteiger partial charge in [0.25, 0.3) is 0 Å². The van der Waals surface area contributed by atoms with Crippen LogP contribution in [0.4, 0.5) is 0 Å². The number of hydrogen-bond acceptors (Lipinski definition) is 8. The van der Waals surface area contributed by atoms with Crippen molar-refractivity contribution in [2.75, 3.05) is 19.8 Å². The number of ether oxygens (including phenoxy) is 2. The van der Waals surface area contributed by atoms with Gasteiger partial charge < -0.3 is 30.1 Å². The van der Waals surface area contributed by atoms with Crippen LogP contribution in [0.25, 0.3) is 0 Å². The van der Waals surface area contributed by atoms with E-state index < -0.39 is 20.3 Å². The lowest BCUT2D eigenvalue weighted by atomic mass is 10.2. The summed E-state index contributed by atoms with van der Waals surface area (Å²) in [5.74, 6) is 4.98. The monoisotopic (exact) mass is 296 g/mol. The van der Waals surface area contributed by atoms with E-state index in [0.29, 0.717) is 6.61 Å². The van der Waals surface area contributed by atoms with Crippen molar-refractivity contribution >= 4 is 14.2 Å². The fraction of sp³-hybridized carbons (Fsp3) is 0.889. The molecule has 0 aromatic rings. The molecule has 1 fully saturated rings. The lowest BCUT2D eigenvalue weighted by Crippen LogP contribution is -2.42. The predicted octanol–water partition coefficient (Wildman–Crippen LogP) is -1.71. The third kappa shape index (κ3) is 4.81. The molecule has 19 heavy (non-hydrogen) atoms. The molecule has 2 atom stereocenters. The van der Waals surface area contributed by atoms with Crippen molar-refractivity contribution in [2.45, 2.75) is 30.7 Å². The first-order valence-corrected chi connectivity index (χ1v) is 7.11. The van der Waals surface area contributed by atoms with Crippen LogP contribution in [0.2, 0.25) is 0 Å². The summed E-state index contributed by atoms with van der Waals surface area (Å²) >= 11 is 0. The molecule has 1 rings (SSSR count). The van der Waals surface area contributed by atoms with E-state index in [2.05, 4.69) is 5.10 Å². The van der Waals surface area contributed by atoms with Gasteiger partial charge in [-0.2, -0.15) is 5.10 Å². The number of aliphatic hydroxyl groups excluding tert-OH is 1. The third-order valence-electron chi connectivity index (χ3n) is 2.84. The standard InChI is InChI=1S/C9H21N4O5P/c10-8(12-13-11)4-9(6-14,19(15)16)18-5-7-2-1-3-17-7/h7,13-16H,1-6,11H2,(H2,10,12). The Bertz CT molecular complexity index is 300.